The lowest BCUT2D eigenvalue weighted by Gasteiger charge is -2.15. The van der Waals surface area contributed by atoms with Crippen molar-refractivity contribution in [3.05, 3.63) is 22.4 Å². The minimum absolute atomic E-state index is 0.0462. The molecule has 18 heavy (non-hydrogen) atoms. The van der Waals surface area contributed by atoms with E-state index in [1.807, 2.05) is 23.8 Å². The Morgan fingerprint density at radius 3 is 2.78 bits per heavy atom. The number of aryl methyl sites for hydroxylation is 1. The third kappa shape index (κ3) is 2.97. The number of carbonyl (C=O) groups excluding carboxylic acids is 1. The molecule has 3 nitrogen and oxygen atoms in total. The molecule has 1 aliphatic rings. The second kappa shape index (κ2) is 5.47. The molecular formula is C14H21BrN2O. The van der Waals surface area contributed by atoms with E-state index >= 15 is 0 Å². The first kappa shape index (κ1) is 13.7. The predicted molar refractivity (Wildman–Crippen MR) is 76.7 cm³/mol. The Morgan fingerprint density at radius 2 is 2.22 bits per heavy atom. The van der Waals surface area contributed by atoms with Crippen molar-refractivity contribution in [2.24, 2.45) is 5.41 Å². The Balaban J connectivity index is 1.95. The number of rotatable bonds is 6. The summed E-state index contributed by atoms with van der Waals surface area (Å²) in [5.74, 6) is 0.0462. The average molecular weight is 313 g/mol. The van der Waals surface area contributed by atoms with E-state index in [4.69, 9.17) is 0 Å². The van der Waals surface area contributed by atoms with Crippen LogP contribution in [-0.4, -0.2) is 17.0 Å². The Bertz CT molecular complexity index is 435. The third-order valence-corrected chi connectivity index (χ3v) is 4.23. The van der Waals surface area contributed by atoms with Gasteiger partial charge in [-0.15, -0.1) is 0 Å². The molecule has 100 valence electrons. The highest BCUT2D eigenvalue weighted by atomic mass is 79.9. The minimum Gasteiger partial charge on any atom is -0.350 e. The van der Waals surface area contributed by atoms with Gasteiger partial charge in [-0.25, -0.2) is 0 Å². The zero-order valence-corrected chi connectivity index (χ0v) is 12.7. The highest BCUT2D eigenvalue weighted by Gasteiger charge is 2.41. The van der Waals surface area contributed by atoms with E-state index in [0.717, 1.165) is 23.3 Å². The smallest absolute Gasteiger partial charge is 0.267 e. The lowest BCUT2D eigenvalue weighted by Crippen LogP contribution is -2.31. The number of hydrogen-bond donors (Lipinski definition) is 1. The molecule has 1 aliphatic carbocycles. The molecule has 0 spiro atoms. The molecule has 1 saturated carbocycles. The molecule has 1 aromatic heterocycles. The molecule has 1 heterocycles. The lowest BCUT2D eigenvalue weighted by atomic mass is 10.0. The summed E-state index contributed by atoms with van der Waals surface area (Å²) in [6.07, 6.45) is 6.91. The molecule has 0 aromatic carbocycles. The molecule has 1 fully saturated rings. The molecule has 1 aromatic rings. The van der Waals surface area contributed by atoms with Crippen molar-refractivity contribution in [1.82, 2.24) is 9.88 Å². The fourth-order valence-corrected chi connectivity index (χ4v) is 2.97. The van der Waals surface area contributed by atoms with Crippen LogP contribution in [-0.2, 0) is 6.54 Å². The van der Waals surface area contributed by atoms with Crippen molar-refractivity contribution in [2.45, 2.75) is 46.1 Å². The lowest BCUT2D eigenvalue weighted by molar-refractivity contribution is 0.0934. The monoisotopic (exact) mass is 312 g/mol. The van der Waals surface area contributed by atoms with E-state index in [1.54, 1.807) is 0 Å². The normalized spacial score (nSPS) is 16.6. The van der Waals surface area contributed by atoms with Crippen LogP contribution in [0.5, 0.6) is 0 Å². The zero-order valence-electron chi connectivity index (χ0n) is 11.1. The quantitative estimate of drug-likeness (QED) is 0.856. The van der Waals surface area contributed by atoms with Crippen LogP contribution in [0.25, 0.3) is 0 Å². The van der Waals surface area contributed by atoms with Gasteiger partial charge in [0.25, 0.3) is 5.91 Å². The first-order valence-corrected chi connectivity index (χ1v) is 7.53. The number of amides is 1. The van der Waals surface area contributed by atoms with E-state index in [9.17, 15) is 4.79 Å². The van der Waals surface area contributed by atoms with E-state index in [1.165, 1.54) is 25.7 Å². The Kier molecular flexibility index (Phi) is 4.15. The van der Waals surface area contributed by atoms with Crippen molar-refractivity contribution in [1.29, 1.82) is 0 Å². The van der Waals surface area contributed by atoms with Gasteiger partial charge in [-0.05, 0) is 53.6 Å². The third-order valence-electron chi connectivity index (χ3n) is 3.80. The molecule has 0 atom stereocenters. The first-order valence-electron chi connectivity index (χ1n) is 6.74. The van der Waals surface area contributed by atoms with Crippen LogP contribution < -0.4 is 5.32 Å². The second-order valence-corrected chi connectivity index (χ2v) is 6.18. The summed E-state index contributed by atoms with van der Waals surface area (Å²) in [6.45, 7) is 5.89. The van der Waals surface area contributed by atoms with E-state index in [0.29, 0.717) is 5.41 Å². The number of halogens is 1. The van der Waals surface area contributed by atoms with Gasteiger partial charge in [0.05, 0.1) is 0 Å². The predicted octanol–water partition coefficient (Wildman–Crippen LogP) is 3.58. The van der Waals surface area contributed by atoms with Gasteiger partial charge < -0.3 is 9.88 Å². The summed E-state index contributed by atoms with van der Waals surface area (Å²) in [5.41, 5.74) is 1.15. The van der Waals surface area contributed by atoms with Crippen LogP contribution in [0.3, 0.4) is 0 Å². The summed E-state index contributed by atoms with van der Waals surface area (Å²) < 4.78 is 2.93. The highest BCUT2D eigenvalue weighted by molar-refractivity contribution is 9.10. The molecule has 0 unspecified atom stereocenters. The second-order valence-electron chi connectivity index (χ2n) is 5.26. The first-order chi connectivity index (χ1) is 8.60. The number of nitrogens with zero attached hydrogens (tertiary/aromatic N) is 1. The fraction of sp³-hybridized carbons (Fsp3) is 0.643. The maximum Gasteiger partial charge on any atom is 0.267 e. The van der Waals surface area contributed by atoms with Gasteiger partial charge in [-0.1, -0.05) is 13.3 Å². The number of aromatic nitrogens is 1. The average Bonchev–Trinajstić information content (AvgIpc) is 3.01. The number of hydrogen-bond acceptors (Lipinski definition) is 1. The minimum atomic E-state index is 0.0462. The summed E-state index contributed by atoms with van der Waals surface area (Å²) >= 11 is 3.42. The van der Waals surface area contributed by atoms with Crippen molar-refractivity contribution in [2.75, 3.05) is 6.54 Å². The van der Waals surface area contributed by atoms with Crippen LogP contribution in [0, 0.1) is 5.41 Å². The topological polar surface area (TPSA) is 34.0 Å². The van der Waals surface area contributed by atoms with E-state index in [2.05, 4.69) is 28.2 Å². The Morgan fingerprint density at radius 1 is 1.50 bits per heavy atom. The van der Waals surface area contributed by atoms with Gasteiger partial charge in [0.1, 0.15) is 5.69 Å². The van der Waals surface area contributed by atoms with Gasteiger partial charge >= 0.3 is 0 Å². The molecule has 0 radical (unpaired) electrons. The van der Waals surface area contributed by atoms with Gasteiger partial charge in [0.15, 0.2) is 0 Å². The molecular weight excluding hydrogens is 292 g/mol. The fourth-order valence-electron chi connectivity index (χ4n) is 2.51. The maximum atomic E-state index is 12.2. The number of carbonyl (C=O) groups is 1. The van der Waals surface area contributed by atoms with Crippen LogP contribution in [0.4, 0.5) is 0 Å². The molecule has 2 rings (SSSR count). The van der Waals surface area contributed by atoms with Gasteiger partial charge in [0, 0.05) is 23.8 Å². The van der Waals surface area contributed by atoms with Gasteiger partial charge in [-0.3, -0.25) is 4.79 Å². The van der Waals surface area contributed by atoms with Crippen molar-refractivity contribution in [3.8, 4) is 0 Å². The summed E-state index contributed by atoms with van der Waals surface area (Å²) in [5, 5.41) is 3.09. The molecule has 0 saturated heterocycles. The van der Waals surface area contributed by atoms with Crippen LogP contribution >= 0.6 is 15.9 Å². The van der Waals surface area contributed by atoms with Crippen LogP contribution in [0.1, 0.15) is 50.0 Å². The maximum absolute atomic E-state index is 12.2. The van der Waals surface area contributed by atoms with E-state index < -0.39 is 0 Å². The van der Waals surface area contributed by atoms with Gasteiger partial charge in [0.2, 0.25) is 0 Å². The number of nitrogens with one attached hydrogen (secondary N) is 1. The molecule has 4 heteroatoms. The van der Waals surface area contributed by atoms with Gasteiger partial charge in [-0.2, -0.15) is 0 Å². The van der Waals surface area contributed by atoms with Crippen LogP contribution in [0.2, 0.25) is 0 Å². The standard InChI is InChI=1S/C14H21BrN2O/c1-3-5-14(6-7-14)10-16-13(18)12-8-11(15)9-17(12)4-2/h8-9H,3-7,10H2,1-2H3,(H,16,18). The zero-order chi connectivity index (χ0) is 13.2. The molecule has 1 N–H and O–H groups in total. The SMILES string of the molecule is CCCC1(CNC(=O)c2cc(Br)cn2CC)CC1. The Hall–Kier alpha value is -0.770. The Labute approximate surface area is 117 Å². The highest BCUT2D eigenvalue weighted by Crippen LogP contribution is 2.48. The molecule has 1 amide bonds. The summed E-state index contributed by atoms with van der Waals surface area (Å²) in [7, 11) is 0. The summed E-state index contributed by atoms with van der Waals surface area (Å²) in [6, 6.07) is 1.89. The van der Waals surface area contributed by atoms with Crippen molar-refractivity contribution < 1.29 is 4.79 Å². The molecule has 0 aliphatic heterocycles. The summed E-state index contributed by atoms with van der Waals surface area (Å²) in [4.78, 5) is 12.2. The molecule has 0 bridgehead atoms. The van der Waals surface area contributed by atoms with Crippen molar-refractivity contribution >= 4 is 21.8 Å². The van der Waals surface area contributed by atoms with Crippen molar-refractivity contribution in [3.63, 3.8) is 0 Å². The van der Waals surface area contributed by atoms with Crippen LogP contribution in [0.15, 0.2) is 16.7 Å². The van der Waals surface area contributed by atoms with E-state index in [-0.39, 0.29) is 5.91 Å². The largest absolute Gasteiger partial charge is 0.350 e.